The zero-order valence-electron chi connectivity index (χ0n) is 46.1. The Balaban J connectivity index is 3.52. The van der Waals surface area contributed by atoms with Crippen LogP contribution in [-0.2, 0) is 4.79 Å². The van der Waals surface area contributed by atoms with Crippen molar-refractivity contribution in [3.63, 3.8) is 0 Å². The standard InChI is InChI=1S/C64H121NO3/c1-3-5-7-9-11-13-15-17-19-21-23-25-27-28-29-30-31-32-33-34-35-36-38-39-41-43-45-47-49-51-53-55-57-59-63(67)62(61-66)65-64(68)60-58-56-54-52-50-48-46-44-42-40-37-26-24-22-20-18-16-14-12-10-8-6-4-2/h22,24,41,43,49,51,57,59,62-63,66-67H,3-21,23,25-40,42,44-48,50,52-56,58,60-61H2,1-2H3,(H,65,68)/b24-22-,43-41+,51-49+,59-57+. The molecule has 0 saturated carbocycles. The summed E-state index contributed by atoms with van der Waals surface area (Å²) >= 11 is 0. The monoisotopic (exact) mass is 952 g/mol. The molecule has 0 bridgehead atoms. The highest BCUT2D eigenvalue weighted by atomic mass is 16.3. The van der Waals surface area contributed by atoms with E-state index in [4.69, 9.17) is 0 Å². The number of carbonyl (C=O) groups excluding carboxylic acids is 1. The molecule has 0 spiro atoms. The Labute approximate surface area is 426 Å². The Morgan fingerprint density at radius 1 is 0.338 bits per heavy atom. The van der Waals surface area contributed by atoms with Crippen molar-refractivity contribution < 1.29 is 15.0 Å². The highest BCUT2D eigenvalue weighted by Crippen LogP contribution is 2.17. The van der Waals surface area contributed by atoms with Gasteiger partial charge in [0, 0.05) is 6.42 Å². The molecule has 0 aliphatic heterocycles. The molecule has 0 aromatic carbocycles. The van der Waals surface area contributed by atoms with E-state index >= 15 is 0 Å². The molecule has 400 valence electrons. The van der Waals surface area contributed by atoms with E-state index in [-0.39, 0.29) is 12.5 Å². The largest absolute Gasteiger partial charge is 0.394 e. The quantitative estimate of drug-likeness (QED) is 0.0420. The number of nitrogens with one attached hydrogen (secondary N) is 1. The van der Waals surface area contributed by atoms with Gasteiger partial charge in [-0.05, 0) is 70.6 Å². The fraction of sp³-hybridized carbons (Fsp3) is 0.859. The summed E-state index contributed by atoms with van der Waals surface area (Å²) in [6, 6.07) is -0.648. The summed E-state index contributed by atoms with van der Waals surface area (Å²) in [5.74, 6) is -0.0753. The fourth-order valence-electron chi connectivity index (χ4n) is 9.56. The first-order chi connectivity index (χ1) is 33.7. The first-order valence-electron chi connectivity index (χ1n) is 30.9. The third kappa shape index (κ3) is 55.3. The lowest BCUT2D eigenvalue weighted by molar-refractivity contribution is -0.123. The van der Waals surface area contributed by atoms with E-state index in [9.17, 15) is 15.0 Å². The molecule has 0 saturated heterocycles. The van der Waals surface area contributed by atoms with Gasteiger partial charge in [-0.25, -0.2) is 0 Å². The number of rotatable bonds is 57. The number of hydrogen-bond acceptors (Lipinski definition) is 3. The van der Waals surface area contributed by atoms with Crippen LogP contribution in [0.3, 0.4) is 0 Å². The molecular weight excluding hydrogens is 831 g/mol. The second kappa shape index (κ2) is 59.7. The van der Waals surface area contributed by atoms with E-state index in [2.05, 4.69) is 55.6 Å². The van der Waals surface area contributed by atoms with Gasteiger partial charge in [0.25, 0.3) is 0 Å². The zero-order chi connectivity index (χ0) is 49.2. The lowest BCUT2D eigenvalue weighted by Gasteiger charge is -2.19. The lowest BCUT2D eigenvalue weighted by atomic mass is 10.0. The minimum absolute atomic E-state index is 0.0753. The molecule has 3 N–H and O–H groups in total. The average Bonchev–Trinajstić information content (AvgIpc) is 3.34. The van der Waals surface area contributed by atoms with Crippen molar-refractivity contribution in [3.05, 3.63) is 48.6 Å². The minimum atomic E-state index is -0.872. The summed E-state index contributed by atoms with van der Waals surface area (Å²) in [6.07, 6.45) is 83.1. The summed E-state index contributed by atoms with van der Waals surface area (Å²) in [5.41, 5.74) is 0. The maximum atomic E-state index is 12.5. The number of amides is 1. The summed E-state index contributed by atoms with van der Waals surface area (Å²) < 4.78 is 0. The van der Waals surface area contributed by atoms with Crippen molar-refractivity contribution in [1.82, 2.24) is 5.32 Å². The van der Waals surface area contributed by atoms with Gasteiger partial charge in [0.2, 0.25) is 5.91 Å². The number of unbranched alkanes of at least 4 members (excludes halogenated alkanes) is 44. The second-order valence-corrected chi connectivity index (χ2v) is 21.1. The van der Waals surface area contributed by atoms with E-state index in [1.807, 2.05) is 6.08 Å². The summed E-state index contributed by atoms with van der Waals surface area (Å²) in [6.45, 7) is 4.33. The van der Waals surface area contributed by atoms with Crippen LogP contribution in [0.25, 0.3) is 0 Å². The highest BCUT2D eigenvalue weighted by molar-refractivity contribution is 5.76. The fourth-order valence-corrected chi connectivity index (χ4v) is 9.56. The Hall–Kier alpha value is -1.65. The smallest absolute Gasteiger partial charge is 0.220 e. The van der Waals surface area contributed by atoms with E-state index in [1.54, 1.807) is 6.08 Å². The van der Waals surface area contributed by atoms with Crippen molar-refractivity contribution in [2.24, 2.45) is 0 Å². The summed E-state index contributed by atoms with van der Waals surface area (Å²) in [4.78, 5) is 12.5. The molecule has 1 amide bonds. The van der Waals surface area contributed by atoms with Gasteiger partial charge in [-0.1, -0.05) is 306 Å². The van der Waals surface area contributed by atoms with Crippen molar-refractivity contribution >= 4 is 5.91 Å². The summed E-state index contributed by atoms with van der Waals surface area (Å²) in [7, 11) is 0. The predicted octanol–water partition coefficient (Wildman–Crippen LogP) is 20.6. The minimum Gasteiger partial charge on any atom is -0.394 e. The van der Waals surface area contributed by atoms with Gasteiger partial charge in [0.1, 0.15) is 0 Å². The number of carbonyl (C=O) groups is 1. The molecule has 4 nitrogen and oxygen atoms in total. The van der Waals surface area contributed by atoms with Crippen LogP contribution in [-0.4, -0.2) is 34.9 Å². The van der Waals surface area contributed by atoms with E-state index in [1.165, 1.54) is 276 Å². The third-order valence-corrected chi connectivity index (χ3v) is 14.3. The van der Waals surface area contributed by atoms with E-state index in [0.717, 1.165) is 38.5 Å². The number of allylic oxidation sites excluding steroid dienone is 7. The van der Waals surface area contributed by atoms with Gasteiger partial charge in [-0.15, -0.1) is 0 Å². The molecule has 0 heterocycles. The number of hydrogen-bond donors (Lipinski definition) is 3. The van der Waals surface area contributed by atoms with Crippen LogP contribution in [0.4, 0.5) is 0 Å². The normalized spacial score (nSPS) is 13.1. The van der Waals surface area contributed by atoms with Gasteiger partial charge in [0.15, 0.2) is 0 Å². The Morgan fingerprint density at radius 2 is 0.574 bits per heavy atom. The Bertz CT molecular complexity index is 1080. The van der Waals surface area contributed by atoms with Crippen LogP contribution < -0.4 is 5.32 Å². The summed E-state index contributed by atoms with van der Waals surface area (Å²) in [5, 5.41) is 23.2. The van der Waals surface area contributed by atoms with Crippen LogP contribution in [0.5, 0.6) is 0 Å². The molecule has 4 heteroatoms. The maximum absolute atomic E-state index is 12.5. The topological polar surface area (TPSA) is 69.6 Å². The van der Waals surface area contributed by atoms with Gasteiger partial charge in [0.05, 0.1) is 18.8 Å². The molecule has 0 aromatic rings. The van der Waals surface area contributed by atoms with Gasteiger partial charge in [-0.2, -0.15) is 0 Å². The molecule has 0 aliphatic carbocycles. The maximum Gasteiger partial charge on any atom is 0.220 e. The zero-order valence-corrected chi connectivity index (χ0v) is 46.1. The first-order valence-corrected chi connectivity index (χ1v) is 30.9. The average molecular weight is 953 g/mol. The van der Waals surface area contributed by atoms with Crippen molar-refractivity contribution in [1.29, 1.82) is 0 Å². The van der Waals surface area contributed by atoms with E-state index < -0.39 is 12.1 Å². The van der Waals surface area contributed by atoms with Crippen LogP contribution >= 0.6 is 0 Å². The number of aliphatic hydroxyl groups excluding tert-OH is 2. The van der Waals surface area contributed by atoms with Crippen molar-refractivity contribution in [2.45, 2.75) is 347 Å². The van der Waals surface area contributed by atoms with Crippen molar-refractivity contribution in [2.75, 3.05) is 6.61 Å². The van der Waals surface area contributed by atoms with Gasteiger partial charge >= 0.3 is 0 Å². The van der Waals surface area contributed by atoms with Crippen LogP contribution in [0.1, 0.15) is 335 Å². The van der Waals surface area contributed by atoms with Crippen LogP contribution in [0.15, 0.2) is 48.6 Å². The molecular formula is C64H121NO3. The Morgan fingerprint density at radius 3 is 0.853 bits per heavy atom. The highest BCUT2D eigenvalue weighted by Gasteiger charge is 2.18. The van der Waals surface area contributed by atoms with Crippen LogP contribution in [0.2, 0.25) is 0 Å². The first kappa shape index (κ1) is 66.3. The lowest BCUT2D eigenvalue weighted by Crippen LogP contribution is -2.45. The second-order valence-electron chi connectivity index (χ2n) is 21.1. The molecule has 0 aliphatic rings. The van der Waals surface area contributed by atoms with Crippen molar-refractivity contribution in [3.8, 4) is 0 Å². The molecule has 0 radical (unpaired) electrons. The van der Waals surface area contributed by atoms with Crippen LogP contribution in [0, 0.1) is 0 Å². The SMILES string of the molecule is CCCCCCCCCC/C=C\CCCCCCCCCCCCCC(=O)NC(CO)C(O)/C=C/CC/C=C/CC/C=C/CCCCCCCCCCCCCCCCCCCCCCCCC. The number of aliphatic hydroxyl groups is 2. The molecule has 0 aromatic heterocycles. The molecule has 2 unspecified atom stereocenters. The van der Waals surface area contributed by atoms with Gasteiger partial charge in [-0.3, -0.25) is 4.79 Å². The Kier molecular flexibility index (Phi) is 58.2. The predicted molar refractivity (Wildman–Crippen MR) is 304 cm³/mol. The molecule has 0 fully saturated rings. The molecule has 68 heavy (non-hydrogen) atoms. The van der Waals surface area contributed by atoms with Gasteiger partial charge < -0.3 is 15.5 Å². The molecule has 0 rings (SSSR count). The third-order valence-electron chi connectivity index (χ3n) is 14.3. The van der Waals surface area contributed by atoms with E-state index in [0.29, 0.717) is 6.42 Å². The molecule has 2 atom stereocenters.